The van der Waals surface area contributed by atoms with E-state index in [9.17, 15) is 4.79 Å². The lowest BCUT2D eigenvalue weighted by Crippen LogP contribution is -2.29. The number of aliphatic hydroxyl groups excluding tert-OH is 1. The molecular formula is C13H20N4O2. The first-order valence-electron chi connectivity index (χ1n) is 6.70. The van der Waals surface area contributed by atoms with Crippen molar-refractivity contribution in [2.75, 3.05) is 31.6 Å². The zero-order valence-electron chi connectivity index (χ0n) is 11.2. The Morgan fingerprint density at radius 1 is 1.53 bits per heavy atom. The molecule has 2 N–H and O–H groups in total. The van der Waals surface area contributed by atoms with E-state index in [0.29, 0.717) is 24.0 Å². The summed E-state index contributed by atoms with van der Waals surface area (Å²) in [6, 6.07) is 0. The van der Waals surface area contributed by atoms with Crippen LogP contribution in [-0.4, -0.2) is 52.1 Å². The van der Waals surface area contributed by atoms with Crippen molar-refractivity contribution in [3.8, 4) is 0 Å². The van der Waals surface area contributed by atoms with Crippen LogP contribution in [0.3, 0.4) is 0 Å². The number of carbonyl (C=O) groups is 1. The highest BCUT2D eigenvalue weighted by molar-refractivity contribution is 5.92. The minimum Gasteiger partial charge on any atom is -0.396 e. The number of carbonyl (C=O) groups excluding carboxylic acids is 1. The van der Waals surface area contributed by atoms with Gasteiger partial charge in [0, 0.05) is 26.2 Å². The maximum absolute atomic E-state index is 12.2. The molecule has 0 bridgehead atoms. The molecule has 1 aromatic heterocycles. The van der Waals surface area contributed by atoms with Gasteiger partial charge in [0.15, 0.2) is 0 Å². The van der Waals surface area contributed by atoms with Crippen LogP contribution in [0.25, 0.3) is 0 Å². The molecule has 19 heavy (non-hydrogen) atoms. The molecule has 2 rings (SSSR count). The summed E-state index contributed by atoms with van der Waals surface area (Å²) in [6.45, 7) is 4.38. The average molecular weight is 264 g/mol. The van der Waals surface area contributed by atoms with Gasteiger partial charge in [-0.1, -0.05) is 0 Å². The molecule has 6 nitrogen and oxygen atoms in total. The first kappa shape index (κ1) is 13.7. The third-order valence-corrected chi connectivity index (χ3v) is 3.34. The molecular weight excluding hydrogens is 244 g/mol. The molecule has 0 saturated carbocycles. The number of nitrogens with zero attached hydrogens (tertiary/aromatic N) is 3. The summed E-state index contributed by atoms with van der Waals surface area (Å²) in [5.74, 6) is 1.01. The summed E-state index contributed by atoms with van der Waals surface area (Å²) < 4.78 is 0. The molecule has 1 amide bonds. The zero-order chi connectivity index (χ0) is 13.7. The Bertz CT molecular complexity index is 421. The molecule has 0 aromatic carbocycles. The maximum Gasteiger partial charge on any atom is 0.274 e. The van der Waals surface area contributed by atoms with Gasteiger partial charge in [-0.05, 0) is 25.7 Å². The molecule has 0 radical (unpaired) electrons. The second-order valence-electron chi connectivity index (χ2n) is 4.74. The standard InChI is InChI=1S/C13H20N4O2/c1-2-14-12-8-15-11(7-16-12)13(19)17-5-3-10(9-17)4-6-18/h7-8,10,18H,2-6,9H2,1H3,(H,14,16). The number of hydrogen-bond acceptors (Lipinski definition) is 5. The first-order valence-corrected chi connectivity index (χ1v) is 6.70. The largest absolute Gasteiger partial charge is 0.396 e. The van der Waals surface area contributed by atoms with Crippen LogP contribution in [0.2, 0.25) is 0 Å². The fourth-order valence-corrected chi connectivity index (χ4v) is 2.31. The van der Waals surface area contributed by atoms with E-state index in [2.05, 4.69) is 15.3 Å². The van der Waals surface area contributed by atoms with Gasteiger partial charge in [-0.3, -0.25) is 4.79 Å². The number of likely N-dealkylation sites (tertiary alicyclic amines) is 1. The predicted molar refractivity (Wildman–Crippen MR) is 71.9 cm³/mol. The molecule has 0 aliphatic carbocycles. The van der Waals surface area contributed by atoms with Crippen molar-refractivity contribution in [2.45, 2.75) is 19.8 Å². The SMILES string of the molecule is CCNc1cnc(C(=O)N2CCC(CCO)C2)cn1. The lowest BCUT2D eigenvalue weighted by atomic mass is 10.1. The highest BCUT2D eigenvalue weighted by Crippen LogP contribution is 2.20. The molecule has 1 aromatic rings. The molecule has 1 aliphatic heterocycles. The Balaban J connectivity index is 1.96. The third kappa shape index (κ3) is 3.41. The minimum atomic E-state index is -0.0732. The lowest BCUT2D eigenvalue weighted by Gasteiger charge is -2.15. The zero-order valence-corrected chi connectivity index (χ0v) is 11.2. The molecule has 6 heteroatoms. The minimum absolute atomic E-state index is 0.0732. The Morgan fingerprint density at radius 2 is 2.37 bits per heavy atom. The highest BCUT2D eigenvalue weighted by Gasteiger charge is 2.27. The summed E-state index contributed by atoms with van der Waals surface area (Å²) >= 11 is 0. The predicted octanol–water partition coefficient (Wildman–Crippen LogP) is 0.753. The second-order valence-corrected chi connectivity index (χ2v) is 4.74. The van der Waals surface area contributed by atoms with Gasteiger partial charge < -0.3 is 15.3 Å². The Labute approximate surface area is 112 Å². The fraction of sp³-hybridized carbons (Fsp3) is 0.615. The van der Waals surface area contributed by atoms with E-state index in [1.54, 1.807) is 11.1 Å². The molecule has 1 unspecified atom stereocenters. The Morgan fingerprint density at radius 3 is 3.00 bits per heavy atom. The van der Waals surface area contributed by atoms with Crippen LogP contribution in [0, 0.1) is 5.92 Å². The number of amides is 1. The molecule has 0 spiro atoms. The van der Waals surface area contributed by atoms with E-state index in [0.717, 1.165) is 25.9 Å². The fourth-order valence-electron chi connectivity index (χ4n) is 2.31. The first-order chi connectivity index (χ1) is 9.24. The molecule has 1 fully saturated rings. The number of aromatic nitrogens is 2. The third-order valence-electron chi connectivity index (χ3n) is 3.34. The van der Waals surface area contributed by atoms with E-state index in [1.807, 2.05) is 6.92 Å². The van der Waals surface area contributed by atoms with Crippen LogP contribution in [0.4, 0.5) is 5.82 Å². The van der Waals surface area contributed by atoms with E-state index >= 15 is 0 Å². The van der Waals surface area contributed by atoms with Crippen molar-refractivity contribution >= 4 is 11.7 Å². The van der Waals surface area contributed by atoms with Crippen LogP contribution < -0.4 is 5.32 Å². The number of anilines is 1. The lowest BCUT2D eigenvalue weighted by molar-refractivity contribution is 0.0778. The van der Waals surface area contributed by atoms with Gasteiger partial charge in [0.1, 0.15) is 11.5 Å². The van der Waals surface area contributed by atoms with Crippen LogP contribution in [0.15, 0.2) is 12.4 Å². The normalized spacial score (nSPS) is 18.6. The number of hydrogen-bond donors (Lipinski definition) is 2. The Hall–Kier alpha value is -1.69. The average Bonchev–Trinajstić information content (AvgIpc) is 2.88. The van der Waals surface area contributed by atoms with Crippen molar-refractivity contribution < 1.29 is 9.90 Å². The smallest absolute Gasteiger partial charge is 0.274 e. The molecule has 1 saturated heterocycles. The van der Waals surface area contributed by atoms with Crippen molar-refractivity contribution in [3.05, 3.63) is 18.1 Å². The molecule has 2 heterocycles. The second kappa shape index (κ2) is 6.47. The summed E-state index contributed by atoms with van der Waals surface area (Å²) in [7, 11) is 0. The van der Waals surface area contributed by atoms with E-state index < -0.39 is 0 Å². The van der Waals surface area contributed by atoms with Gasteiger partial charge in [-0.15, -0.1) is 0 Å². The summed E-state index contributed by atoms with van der Waals surface area (Å²) in [5.41, 5.74) is 0.381. The van der Waals surface area contributed by atoms with Crippen LogP contribution in [0.1, 0.15) is 30.3 Å². The van der Waals surface area contributed by atoms with Gasteiger partial charge in [-0.25, -0.2) is 9.97 Å². The van der Waals surface area contributed by atoms with Gasteiger partial charge in [-0.2, -0.15) is 0 Å². The quantitative estimate of drug-likeness (QED) is 0.820. The summed E-state index contributed by atoms with van der Waals surface area (Å²) in [4.78, 5) is 22.3. The van der Waals surface area contributed by atoms with Crippen molar-refractivity contribution in [1.29, 1.82) is 0 Å². The van der Waals surface area contributed by atoms with Crippen molar-refractivity contribution in [3.63, 3.8) is 0 Å². The topological polar surface area (TPSA) is 78.4 Å². The summed E-state index contributed by atoms with van der Waals surface area (Å²) in [5, 5.41) is 12.0. The number of rotatable bonds is 5. The molecule has 1 atom stereocenters. The maximum atomic E-state index is 12.2. The van der Waals surface area contributed by atoms with Crippen LogP contribution in [-0.2, 0) is 0 Å². The molecule has 104 valence electrons. The number of aliphatic hydroxyl groups is 1. The van der Waals surface area contributed by atoms with Crippen molar-refractivity contribution in [2.24, 2.45) is 5.92 Å². The van der Waals surface area contributed by atoms with Crippen molar-refractivity contribution in [1.82, 2.24) is 14.9 Å². The molecule has 1 aliphatic rings. The van der Waals surface area contributed by atoms with Crippen LogP contribution in [0.5, 0.6) is 0 Å². The number of nitrogens with one attached hydrogen (secondary N) is 1. The summed E-state index contributed by atoms with van der Waals surface area (Å²) in [6.07, 6.45) is 4.81. The van der Waals surface area contributed by atoms with Gasteiger partial charge >= 0.3 is 0 Å². The van der Waals surface area contributed by atoms with E-state index in [1.165, 1.54) is 6.20 Å². The van der Waals surface area contributed by atoms with Gasteiger partial charge in [0.25, 0.3) is 5.91 Å². The van der Waals surface area contributed by atoms with Crippen LogP contribution >= 0.6 is 0 Å². The highest BCUT2D eigenvalue weighted by atomic mass is 16.3. The van der Waals surface area contributed by atoms with Gasteiger partial charge in [0.05, 0.1) is 12.4 Å². The van der Waals surface area contributed by atoms with E-state index in [4.69, 9.17) is 5.11 Å². The van der Waals surface area contributed by atoms with E-state index in [-0.39, 0.29) is 12.5 Å². The Kier molecular flexibility index (Phi) is 4.68. The monoisotopic (exact) mass is 264 g/mol. The van der Waals surface area contributed by atoms with Gasteiger partial charge in [0.2, 0.25) is 0 Å².